The average molecular weight is 607 g/mol. The Labute approximate surface area is 252 Å². The van der Waals surface area contributed by atoms with E-state index in [-0.39, 0.29) is 0 Å². The number of hydrogen-bond donors (Lipinski definition) is 0. The molecule has 0 spiro atoms. The van der Waals surface area contributed by atoms with Gasteiger partial charge in [0.15, 0.2) is 0 Å². The Hall–Kier alpha value is 1.05. The SMILES string of the molecule is CCCCC[SiH](CCCCC)C(CCCCSSCCCCC(OC)[SiH](CCCCC)CCCCC)OC. The molecule has 2 unspecified atom stereocenters. The lowest BCUT2D eigenvalue weighted by Gasteiger charge is -2.25. The highest BCUT2D eigenvalue weighted by Crippen LogP contribution is 2.27. The van der Waals surface area contributed by atoms with Gasteiger partial charge in [0, 0.05) is 37.2 Å². The molecule has 0 N–H and O–H groups in total. The van der Waals surface area contributed by atoms with E-state index in [0.29, 0.717) is 11.5 Å². The molecule has 0 rings (SSSR count). The van der Waals surface area contributed by atoms with Crippen molar-refractivity contribution in [2.24, 2.45) is 0 Å². The van der Waals surface area contributed by atoms with Gasteiger partial charge in [-0.3, -0.25) is 0 Å². The first-order chi connectivity index (χ1) is 18.7. The van der Waals surface area contributed by atoms with Crippen molar-refractivity contribution in [3.63, 3.8) is 0 Å². The molecule has 0 aromatic heterocycles. The number of rotatable bonds is 31. The molecule has 0 radical (unpaired) electrons. The van der Waals surface area contributed by atoms with Crippen LogP contribution < -0.4 is 0 Å². The summed E-state index contributed by atoms with van der Waals surface area (Å²) in [5, 5.41) is 0. The molecule has 0 aliphatic heterocycles. The Morgan fingerprint density at radius 3 is 1.03 bits per heavy atom. The fourth-order valence-electron chi connectivity index (χ4n) is 5.88. The van der Waals surface area contributed by atoms with Crippen molar-refractivity contribution in [3.05, 3.63) is 0 Å². The second kappa shape index (κ2) is 31.0. The first-order valence-corrected chi connectivity index (χ1v) is 24.1. The van der Waals surface area contributed by atoms with Crippen LogP contribution in [0.2, 0.25) is 24.2 Å². The second-order valence-corrected chi connectivity index (χ2v) is 21.2. The van der Waals surface area contributed by atoms with Gasteiger partial charge in [-0.1, -0.05) is 163 Å². The van der Waals surface area contributed by atoms with Crippen molar-refractivity contribution >= 4 is 39.2 Å². The van der Waals surface area contributed by atoms with Crippen molar-refractivity contribution in [1.82, 2.24) is 0 Å². The summed E-state index contributed by atoms with van der Waals surface area (Å²) in [4.78, 5) is 0. The van der Waals surface area contributed by atoms with Crippen LogP contribution in [0.3, 0.4) is 0 Å². The van der Waals surface area contributed by atoms with E-state index < -0.39 is 17.6 Å². The number of hydrogen-bond acceptors (Lipinski definition) is 4. The second-order valence-electron chi connectivity index (χ2n) is 11.7. The van der Waals surface area contributed by atoms with Gasteiger partial charge in [0.05, 0.1) is 17.6 Å². The van der Waals surface area contributed by atoms with Gasteiger partial charge < -0.3 is 9.47 Å². The van der Waals surface area contributed by atoms with Gasteiger partial charge in [-0.2, -0.15) is 0 Å². The van der Waals surface area contributed by atoms with Gasteiger partial charge in [-0.15, -0.1) is 0 Å². The molecule has 0 aromatic rings. The Morgan fingerprint density at radius 2 is 0.763 bits per heavy atom. The van der Waals surface area contributed by atoms with Gasteiger partial charge in [-0.25, -0.2) is 0 Å². The fraction of sp³-hybridized carbons (Fsp3) is 1.00. The minimum absolute atomic E-state index is 0.617. The summed E-state index contributed by atoms with van der Waals surface area (Å²) in [6, 6.07) is 6.02. The Morgan fingerprint density at radius 1 is 0.447 bits per heavy atom. The average Bonchev–Trinajstić information content (AvgIpc) is 2.93. The molecule has 0 bridgehead atoms. The molecule has 0 heterocycles. The molecule has 0 aromatic carbocycles. The lowest BCUT2D eigenvalue weighted by molar-refractivity contribution is 0.150. The predicted octanol–water partition coefficient (Wildman–Crippen LogP) is 11.0. The molecule has 6 heteroatoms. The fourth-order valence-corrected chi connectivity index (χ4v) is 15.7. The Balaban J connectivity index is 4.09. The molecule has 230 valence electrons. The van der Waals surface area contributed by atoms with E-state index >= 15 is 0 Å². The van der Waals surface area contributed by atoms with Crippen LogP contribution in [0.1, 0.15) is 143 Å². The van der Waals surface area contributed by atoms with Crippen LogP contribution in [0.15, 0.2) is 0 Å². The maximum Gasteiger partial charge on any atom is 0.0716 e. The number of unbranched alkanes of at least 4 members (excludes halogenated alkanes) is 10. The van der Waals surface area contributed by atoms with Crippen LogP contribution in [0.25, 0.3) is 0 Å². The van der Waals surface area contributed by atoms with Crippen LogP contribution in [0.4, 0.5) is 0 Å². The summed E-state index contributed by atoms with van der Waals surface area (Å²) in [5.74, 6) is 2.62. The largest absolute Gasteiger partial charge is 0.385 e. The Bertz CT molecular complexity index is 399. The lowest BCUT2D eigenvalue weighted by atomic mass is 10.2. The van der Waals surface area contributed by atoms with Crippen LogP contribution >= 0.6 is 21.6 Å². The van der Waals surface area contributed by atoms with Crippen LogP contribution in [0, 0.1) is 0 Å². The van der Waals surface area contributed by atoms with E-state index in [0.717, 1.165) is 0 Å². The summed E-state index contributed by atoms with van der Waals surface area (Å²) in [6.45, 7) is 9.32. The highest BCUT2D eigenvalue weighted by molar-refractivity contribution is 8.76. The smallest absolute Gasteiger partial charge is 0.0716 e. The highest BCUT2D eigenvalue weighted by atomic mass is 33.1. The molecule has 0 saturated heterocycles. The lowest BCUT2D eigenvalue weighted by Crippen LogP contribution is -2.32. The minimum atomic E-state index is -0.768. The topological polar surface area (TPSA) is 18.5 Å². The van der Waals surface area contributed by atoms with E-state index in [9.17, 15) is 0 Å². The molecule has 2 nitrogen and oxygen atoms in total. The molecule has 38 heavy (non-hydrogen) atoms. The Kier molecular flexibility index (Phi) is 31.9. The van der Waals surface area contributed by atoms with Crippen molar-refractivity contribution in [2.45, 2.75) is 179 Å². The zero-order chi connectivity index (χ0) is 28.1. The van der Waals surface area contributed by atoms with Gasteiger partial charge >= 0.3 is 0 Å². The van der Waals surface area contributed by atoms with Gasteiger partial charge in [0.2, 0.25) is 0 Å². The third-order valence-corrected chi connectivity index (χ3v) is 18.9. The van der Waals surface area contributed by atoms with Gasteiger partial charge in [-0.05, 0) is 25.7 Å². The molecule has 0 fully saturated rings. The summed E-state index contributed by atoms with van der Waals surface area (Å²) in [6.07, 6.45) is 24.8. The van der Waals surface area contributed by atoms with Gasteiger partial charge in [0.25, 0.3) is 0 Å². The standard InChI is InChI=1S/C32H70O2S2Si2/c1-7-11-19-27-37(28-20-12-8-2)31(33-5)23-15-17-25-35-36-26-18-16-24-32(34-6)38(29-21-13-9-3)30-22-14-10-4/h31-32,37-38H,7-30H2,1-6H3. The monoisotopic (exact) mass is 606 g/mol. The zero-order valence-corrected chi connectivity index (χ0v) is 30.9. The molecular formula is C32H70O2S2Si2. The van der Waals surface area contributed by atoms with E-state index in [1.807, 2.05) is 14.2 Å². The minimum Gasteiger partial charge on any atom is -0.385 e. The van der Waals surface area contributed by atoms with Crippen LogP contribution in [0.5, 0.6) is 0 Å². The molecule has 2 atom stereocenters. The molecule has 0 aliphatic carbocycles. The normalized spacial score (nSPS) is 13.6. The third-order valence-electron chi connectivity index (χ3n) is 8.39. The maximum absolute atomic E-state index is 6.09. The van der Waals surface area contributed by atoms with E-state index in [1.165, 1.54) is 151 Å². The quantitative estimate of drug-likeness (QED) is 0.0443. The summed E-state index contributed by atoms with van der Waals surface area (Å²) < 4.78 is 12.2. The van der Waals surface area contributed by atoms with E-state index in [2.05, 4.69) is 49.3 Å². The van der Waals surface area contributed by atoms with Crippen molar-refractivity contribution in [2.75, 3.05) is 25.7 Å². The molecule has 0 saturated carbocycles. The summed E-state index contributed by atoms with van der Waals surface area (Å²) >= 11 is 0. The third kappa shape index (κ3) is 22.7. The van der Waals surface area contributed by atoms with Gasteiger partial charge in [0.1, 0.15) is 0 Å². The highest BCUT2D eigenvalue weighted by Gasteiger charge is 2.23. The van der Waals surface area contributed by atoms with Crippen LogP contribution in [-0.2, 0) is 9.47 Å². The summed E-state index contributed by atoms with van der Waals surface area (Å²) in [7, 11) is 6.68. The van der Waals surface area contributed by atoms with Crippen molar-refractivity contribution in [3.8, 4) is 0 Å². The molecule has 0 amide bonds. The zero-order valence-electron chi connectivity index (χ0n) is 26.9. The first-order valence-electron chi connectivity index (χ1n) is 17.0. The number of methoxy groups -OCH3 is 2. The molecular weight excluding hydrogens is 537 g/mol. The number of ether oxygens (including phenoxy) is 2. The maximum atomic E-state index is 6.09. The molecule has 0 aliphatic rings. The van der Waals surface area contributed by atoms with Crippen molar-refractivity contribution in [1.29, 1.82) is 0 Å². The van der Waals surface area contributed by atoms with E-state index in [1.54, 1.807) is 0 Å². The van der Waals surface area contributed by atoms with Crippen molar-refractivity contribution < 1.29 is 9.47 Å². The first kappa shape index (κ1) is 39.1. The summed E-state index contributed by atoms with van der Waals surface area (Å²) in [5.41, 5.74) is 1.23. The predicted molar refractivity (Wildman–Crippen MR) is 186 cm³/mol. The van der Waals surface area contributed by atoms with Crippen LogP contribution in [-0.4, -0.2) is 54.8 Å². The van der Waals surface area contributed by atoms with E-state index in [4.69, 9.17) is 9.47 Å².